The second kappa shape index (κ2) is 13.6. The first-order valence-electron chi connectivity index (χ1n) is 13.8. The Morgan fingerprint density at radius 3 is 2.14 bits per heavy atom. The van der Waals surface area contributed by atoms with Gasteiger partial charge in [0.15, 0.2) is 0 Å². The maximum absolute atomic E-state index is 13.4. The molecule has 1 heterocycles. The molecule has 0 saturated heterocycles. The van der Waals surface area contributed by atoms with Crippen molar-refractivity contribution in [1.82, 2.24) is 20.9 Å². The SMILES string of the molecule is COc1cc(-c2ccc(F)cc2)cc2[nH]c(C(=O)NC[C@@H](CCCNC(=O)OC(C)(C)C)NC(=O)OC(C)(C)C)cc12. The number of ether oxygens (including phenoxy) is 3. The van der Waals surface area contributed by atoms with Crippen LogP contribution in [0.1, 0.15) is 64.9 Å². The summed E-state index contributed by atoms with van der Waals surface area (Å²) in [4.78, 5) is 40.7. The summed E-state index contributed by atoms with van der Waals surface area (Å²) in [6.07, 6.45) is -0.155. The van der Waals surface area contributed by atoms with Gasteiger partial charge in [-0.2, -0.15) is 0 Å². The second-order valence-corrected chi connectivity index (χ2v) is 12.0. The summed E-state index contributed by atoms with van der Waals surface area (Å²) in [5.41, 5.74) is 1.29. The molecule has 0 bridgehead atoms. The summed E-state index contributed by atoms with van der Waals surface area (Å²) in [6, 6.07) is 11.0. The maximum Gasteiger partial charge on any atom is 0.407 e. The van der Waals surface area contributed by atoms with Crippen molar-refractivity contribution >= 4 is 29.0 Å². The molecule has 0 fully saturated rings. The van der Waals surface area contributed by atoms with Crippen LogP contribution < -0.4 is 20.7 Å². The number of aromatic nitrogens is 1. The number of halogens is 1. The van der Waals surface area contributed by atoms with E-state index in [9.17, 15) is 18.8 Å². The van der Waals surface area contributed by atoms with E-state index in [1.165, 1.54) is 12.1 Å². The van der Waals surface area contributed by atoms with E-state index in [4.69, 9.17) is 14.2 Å². The van der Waals surface area contributed by atoms with Crippen LogP contribution in [0.5, 0.6) is 5.75 Å². The number of benzene rings is 2. The highest BCUT2D eigenvalue weighted by molar-refractivity contribution is 6.01. The third-order valence-corrected chi connectivity index (χ3v) is 5.97. The van der Waals surface area contributed by atoms with E-state index in [0.29, 0.717) is 41.7 Å². The minimum atomic E-state index is -0.688. The van der Waals surface area contributed by atoms with Crippen molar-refractivity contribution in [2.45, 2.75) is 71.6 Å². The zero-order valence-electron chi connectivity index (χ0n) is 25.3. The van der Waals surface area contributed by atoms with Crippen molar-refractivity contribution in [3.8, 4) is 16.9 Å². The molecule has 1 aromatic heterocycles. The van der Waals surface area contributed by atoms with E-state index >= 15 is 0 Å². The Kier molecular flexibility index (Phi) is 10.4. The maximum atomic E-state index is 13.4. The van der Waals surface area contributed by atoms with Crippen molar-refractivity contribution in [3.63, 3.8) is 0 Å². The second-order valence-electron chi connectivity index (χ2n) is 12.0. The number of carbonyl (C=O) groups is 3. The Hall–Kier alpha value is -4.28. The van der Waals surface area contributed by atoms with E-state index in [1.54, 1.807) is 66.9 Å². The molecule has 4 N–H and O–H groups in total. The lowest BCUT2D eigenvalue weighted by Gasteiger charge is -2.24. The van der Waals surface area contributed by atoms with E-state index in [0.717, 1.165) is 11.1 Å². The highest BCUT2D eigenvalue weighted by Crippen LogP contribution is 2.33. The van der Waals surface area contributed by atoms with Gasteiger partial charge >= 0.3 is 12.2 Å². The number of alkyl carbamates (subject to hydrolysis) is 2. The van der Waals surface area contributed by atoms with Gasteiger partial charge in [0, 0.05) is 24.5 Å². The van der Waals surface area contributed by atoms with Crippen LogP contribution in [-0.2, 0) is 9.47 Å². The quantitative estimate of drug-likeness (QED) is 0.219. The number of hydrogen-bond donors (Lipinski definition) is 4. The smallest absolute Gasteiger partial charge is 0.407 e. The van der Waals surface area contributed by atoms with Gasteiger partial charge in [0.2, 0.25) is 0 Å². The molecule has 0 spiro atoms. The first-order chi connectivity index (χ1) is 19.6. The number of rotatable bonds is 10. The number of methoxy groups -OCH3 is 1. The van der Waals surface area contributed by atoms with Crippen LogP contribution in [0.4, 0.5) is 14.0 Å². The minimum Gasteiger partial charge on any atom is -0.496 e. The average molecular weight is 585 g/mol. The Labute approximate surface area is 245 Å². The third kappa shape index (κ3) is 9.97. The van der Waals surface area contributed by atoms with E-state index < -0.39 is 29.4 Å². The van der Waals surface area contributed by atoms with Crippen LogP contribution in [0.2, 0.25) is 0 Å². The zero-order valence-corrected chi connectivity index (χ0v) is 25.3. The summed E-state index contributed by atoms with van der Waals surface area (Å²) < 4.78 is 29.6. The number of aromatic amines is 1. The number of H-pyrrole nitrogens is 1. The van der Waals surface area contributed by atoms with E-state index in [-0.39, 0.29) is 18.3 Å². The lowest BCUT2D eigenvalue weighted by Crippen LogP contribution is -2.46. The normalized spacial score (nSPS) is 12.4. The third-order valence-electron chi connectivity index (χ3n) is 5.97. The van der Waals surface area contributed by atoms with Crippen LogP contribution in [0.25, 0.3) is 22.0 Å². The highest BCUT2D eigenvalue weighted by atomic mass is 19.1. The molecule has 42 heavy (non-hydrogen) atoms. The Morgan fingerprint density at radius 2 is 1.52 bits per heavy atom. The summed E-state index contributed by atoms with van der Waals surface area (Å²) in [6.45, 7) is 11.1. The molecule has 1 atom stereocenters. The number of fused-ring (bicyclic) bond motifs is 1. The Morgan fingerprint density at radius 1 is 0.881 bits per heavy atom. The van der Waals surface area contributed by atoms with Crippen LogP contribution in [0.15, 0.2) is 42.5 Å². The molecule has 0 aliphatic heterocycles. The molecule has 3 rings (SSSR count). The molecule has 0 unspecified atom stereocenters. The van der Waals surface area contributed by atoms with Crippen molar-refractivity contribution in [1.29, 1.82) is 0 Å². The molecule has 0 aliphatic carbocycles. The first kappa shape index (κ1) is 32.2. The lowest BCUT2D eigenvalue weighted by atomic mass is 10.0. The van der Waals surface area contributed by atoms with Gasteiger partial charge in [-0.05, 0) is 95.8 Å². The largest absolute Gasteiger partial charge is 0.496 e. The predicted molar refractivity (Wildman–Crippen MR) is 159 cm³/mol. The van der Waals surface area contributed by atoms with E-state index in [2.05, 4.69) is 20.9 Å². The van der Waals surface area contributed by atoms with Crippen LogP contribution in [0, 0.1) is 5.82 Å². The topological polar surface area (TPSA) is 131 Å². The summed E-state index contributed by atoms with van der Waals surface area (Å²) >= 11 is 0. The molecule has 0 saturated carbocycles. The number of nitrogens with one attached hydrogen (secondary N) is 4. The molecule has 11 heteroatoms. The van der Waals surface area contributed by atoms with Crippen molar-refractivity contribution < 1.29 is 33.0 Å². The Bertz CT molecular complexity index is 1390. The van der Waals surface area contributed by atoms with Gasteiger partial charge in [-0.3, -0.25) is 4.79 Å². The standard InChI is InChI=1S/C31H41FN4O6/c1-30(2,3)41-28(38)33-14-8-9-22(35-29(39)42-31(4,5)6)18-34-27(37)25-17-23-24(36-25)15-20(16-26(23)40-7)19-10-12-21(32)13-11-19/h10-13,15-17,22,36H,8-9,14,18H2,1-7H3,(H,33,38)(H,34,37)(H,35,39)/t22-/m1/s1. The molecule has 228 valence electrons. The van der Waals surface area contributed by atoms with Gasteiger partial charge in [-0.15, -0.1) is 0 Å². The Balaban J connectivity index is 1.69. The molecule has 10 nitrogen and oxygen atoms in total. The highest BCUT2D eigenvalue weighted by Gasteiger charge is 2.22. The predicted octanol–water partition coefficient (Wildman–Crippen LogP) is 5.91. The van der Waals surface area contributed by atoms with Crippen molar-refractivity contribution in [2.75, 3.05) is 20.2 Å². The van der Waals surface area contributed by atoms with Crippen LogP contribution in [-0.4, -0.2) is 60.5 Å². The van der Waals surface area contributed by atoms with Gasteiger partial charge < -0.3 is 35.1 Å². The minimum absolute atomic E-state index is 0.123. The summed E-state index contributed by atoms with van der Waals surface area (Å²) in [7, 11) is 1.54. The van der Waals surface area contributed by atoms with Crippen molar-refractivity contribution in [3.05, 3.63) is 54.0 Å². The number of hydrogen-bond acceptors (Lipinski definition) is 6. The summed E-state index contributed by atoms with van der Waals surface area (Å²) in [5.74, 6) is -0.145. The van der Waals surface area contributed by atoms with Gasteiger partial charge in [-0.1, -0.05) is 12.1 Å². The van der Waals surface area contributed by atoms with Gasteiger partial charge in [0.1, 0.15) is 28.5 Å². The van der Waals surface area contributed by atoms with E-state index in [1.807, 2.05) is 12.1 Å². The molecule has 0 radical (unpaired) electrons. The van der Waals surface area contributed by atoms with Gasteiger partial charge in [0.25, 0.3) is 5.91 Å². The molecule has 2 aromatic carbocycles. The molecule has 0 aliphatic rings. The molecule has 3 aromatic rings. The fraction of sp³-hybridized carbons (Fsp3) is 0.452. The van der Waals surface area contributed by atoms with Gasteiger partial charge in [-0.25, -0.2) is 14.0 Å². The zero-order chi connectivity index (χ0) is 31.1. The monoisotopic (exact) mass is 584 g/mol. The van der Waals surface area contributed by atoms with Gasteiger partial charge in [0.05, 0.1) is 12.6 Å². The fourth-order valence-corrected chi connectivity index (χ4v) is 4.17. The lowest BCUT2D eigenvalue weighted by molar-refractivity contribution is 0.0487. The average Bonchev–Trinajstić information content (AvgIpc) is 3.31. The molecular weight excluding hydrogens is 543 g/mol. The first-order valence-corrected chi connectivity index (χ1v) is 13.8. The van der Waals surface area contributed by atoms with Crippen LogP contribution >= 0.6 is 0 Å². The number of amides is 3. The number of carbonyl (C=O) groups excluding carboxylic acids is 3. The molecular formula is C31H41FN4O6. The van der Waals surface area contributed by atoms with Crippen molar-refractivity contribution in [2.24, 2.45) is 0 Å². The van der Waals surface area contributed by atoms with Crippen LogP contribution in [0.3, 0.4) is 0 Å². The fourth-order valence-electron chi connectivity index (χ4n) is 4.17. The summed E-state index contributed by atoms with van der Waals surface area (Å²) in [5, 5.41) is 9.08. The molecule has 3 amide bonds.